The third kappa shape index (κ3) is 6.53. The van der Waals surface area contributed by atoms with Crippen LogP contribution in [0, 0.1) is 0 Å². The first-order valence-electron chi connectivity index (χ1n) is 7.99. The van der Waals surface area contributed by atoms with Gasteiger partial charge in [-0.25, -0.2) is 0 Å². The Morgan fingerprint density at radius 2 is 1.52 bits per heavy atom. The number of hydrogen-bond acceptors (Lipinski definition) is 2. The summed E-state index contributed by atoms with van der Waals surface area (Å²) in [4.78, 5) is 6.56. The molecule has 0 unspecified atom stereocenters. The molecule has 0 aromatic heterocycles. The number of hydrogen-bond donors (Lipinski definition) is 2. The van der Waals surface area contributed by atoms with Crippen LogP contribution in [0.1, 0.15) is 11.1 Å². The van der Waals surface area contributed by atoms with E-state index in [2.05, 4.69) is 64.0 Å². The molecule has 0 aliphatic rings. The average Bonchev–Trinajstić information content (AvgIpc) is 2.59. The predicted molar refractivity (Wildman–Crippen MR) is 97.4 cm³/mol. The van der Waals surface area contributed by atoms with Crippen molar-refractivity contribution in [3.63, 3.8) is 0 Å². The maximum atomic E-state index is 4.26. The highest BCUT2D eigenvalue weighted by Crippen LogP contribution is 2.01. The van der Waals surface area contributed by atoms with Crippen LogP contribution in [-0.2, 0) is 13.1 Å². The van der Waals surface area contributed by atoms with E-state index in [0.717, 1.165) is 32.1 Å². The fraction of sp³-hybridized carbons (Fsp3) is 0.316. The molecule has 4 heteroatoms. The summed E-state index contributed by atoms with van der Waals surface area (Å²) in [5.41, 5.74) is 2.58. The summed E-state index contributed by atoms with van der Waals surface area (Å²) in [5, 5.41) is 6.68. The summed E-state index contributed by atoms with van der Waals surface area (Å²) >= 11 is 0. The fourth-order valence-corrected chi connectivity index (χ4v) is 2.34. The third-order valence-electron chi connectivity index (χ3n) is 3.61. The second-order valence-electron chi connectivity index (χ2n) is 5.56. The lowest BCUT2D eigenvalue weighted by molar-refractivity contribution is 0.331. The van der Waals surface area contributed by atoms with Crippen molar-refractivity contribution in [3.8, 4) is 0 Å². The molecule has 23 heavy (non-hydrogen) atoms. The normalized spacial score (nSPS) is 11.5. The van der Waals surface area contributed by atoms with Crippen molar-refractivity contribution in [1.82, 2.24) is 15.5 Å². The molecule has 2 aromatic carbocycles. The summed E-state index contributed by atoms with van der Waals surface area (Å²) in [6.45, 7) is 3.55. The average molecular weight is 310 g/mol. The van der Waals surface area contributed by atoms with Crippen LogP contribution in [0.4, 0.5) is 0 Å². The Hall–Kier alpha value is -2.33. The zero-order valence-electron chi connectivity index (χ0n) is 14.0. The second-order valence-corrected chi connectivity index (χ2v) is 5.56. The van der Waals surface area contributed by atoms with Gasteiger partial charge in [-0.3, -0.25) is 4.99 Å². The summed E-state index contributed by atoms with van der Waals surface area (Å²) in [6.07, 6.45) is 0. The minimum Gasteiger partial charge on any atom is -0.355 e. The van der Waals surface area contributed by atoms with Gasteiger partial charge in [-0.05, 0) is 18.2 Å². The summed E-state index contributed by atoms with van der Waals surface area (Å²) in [7, 11) is 3.93. The summed E-state index contributed by atoms with van der Waals surface area (Å²) < 4.78 is 0. The standard InChI is InChI=1S/C19H26N4/c1-20-19(22-15-17-9-5-3-6-10-17)21-13-14-23(2)16-18-11-7-4-8-12-18/h3-12H,13-16H2,1-2H3,(H2,20,21,22). The Morgan fingerprint density at radius 1 is 0.913 bits per heavy atom. The van der Waals surface area contributed by atoms with Crippen LogP contribution in [0.5, 0.6) is 0 Å². The number of guanidine groups is 1. The molecule has 0 aliphatic heterocycles. The molecule has 0 aliphatic carbocycles. The van der Waals surface area contributed by atoms with Gasteiger partial charge in [-0.2, -0.15) is 0 Å². The first kappa shape index (κ1) is 17.0. The van der Waals surface area contributed by atoms with Crippen molar-refractivity contribution in [2.24, 2.45) is 4.99 Å². The molecule has 122 valence electrons. The molecule has 0 radical (unpaired) electrons. The number of rotatable bonds is 7. The molecule has 2 N–H and O–H groups in total. The summed E-state index contributed by atoms with van der Waals surface area (Å²) in [6, 6.07) is 20.9. The minimum atomic E-state index is 0.778. The first-order valence-corrected chi connectivity index (χ1v) is 7.99. The smallest absolute Gasteiger partial charge is 0.191 e. The third-order valence-corrected chi connectivity index (χ3v) is 3.61. The van der Waals surface area contributed by atoms with Crippen molar-refractivity contribution in [2.45, 2.75) is 13.1 Å². The van der Waals surface area contributed by atoms with Crippen molar-refractivity contribution in [3.05, 3.63) is 71.8 Å². The van der Waals surface area contributed by atoms with Gasteiger partial charge < -0.3 is 15.5 Å². The van der Waals surface area contributed by atoms with E-state index in [9.17, 15) is 0 Å². The van der Waals surface area contributed by atoms with Gasteiger partial charge in [0.15, 0.2) is 5.96 Å². The lowest BCUT2D eigenvalue weighted by Crippen LogP contribution is -2.40. The Kier molecular flexibility index (Phi) is 7.14. The topological polar surface area (TPSA) is 39.7 Å². The molecule has 0 saturated carbocycles. The molecule has 0 heterocycles. The number of aliphatic imine (C=N–C) groups is 1. The van der Waals surface area contributed by atoms with Crippen LogP contribution in [-0.4, -0.2) is 38.0 Å². The van der Waals surface area contributed by atoms with E-state index in [1.807, 2.05) is 24.3 Å². The van der Waals surface area contributed by atoms with Gasteiger partial charge in [0.25, 0.3) is 0 Å². The van der Waals surface area contributed by atoms with E-state index in [1.165, 1.54) is 11.1 Å². The van der Waals surface area contributed by atoms with E-state index in [1.54, 1.807) is 7.05 Å². The molecule has 0 bridgehead atoms. The SMILES string of the molecule is CN=C(NCCN(C)Cc1ccccc1)NCc1ccccc1. The highest BCUT2D eigenvalue weighted by atomic mass is 15.2. The fourth-order valence-electron chi connectivity index (χ4n) is 2.34. The second kappa shape index (κ2) is 9.64. The lowest BCUT2D eigenvalue weighted by atomic mass is 10.2. The van der Waals surface area contributed by atoms with Gasteiger partial charge in [-0.1, -0.05) is 60.7 Å². The van der Waals surface area contributed by atoms with Gasteiger partial charge in [-0.15, -0.1) is 0 Å². The lowest BCUT2D eigenvalue weighted by Gasteiger charge is -2.18. The molecule has 2 aromatic rings. The highest BCUT2D eigenvalue weighted by Gasteiger charge is 2.01. The number of nitrogens with one attached hydrogen (secondary N) is 2. The van der Waals surface area contributed by atoms with Crippen LogP contribution >= 0.6 is 0 Å². The molecular formula is C19H26N4. The molecule has 0 amide bonds. The highest BCUT2D eigenvalue weighted by molar-refractivity contribution is 5.79. The van der Waals surface area contributed by atoms with Crippen molar-refractivity contribution in [1.29, 1.82) is 0 Å². The van der Waals surface area contributed by atoms with Crippen LogP contribution in [0.3, 0.4) is 0 Å². The maximum absolute atomic E-state index is 4.26. The Bertz CT molecular complexity index is 581. The van der Waals surface area contributed by atoms with Gasteiger partial charge in [0.05, 0.1) is 0 Å². The summed E-state index contributed by atoms with van der Waals surface area (Å²) in [5.74, 6) is 0.835. The minimum absolute atomic E-state index is 0.778. The quantitative estimate of drug-likeness (QED) is 0.610. The monoisotopic (exact) mass is 310 g/mol. The van der Waals surface area contributed by atoms with Crippen molar-refractivity contribution >= 4 is 5.96 Å². The van der Waals surface area contributed by atoms with E-state index < -0.39 is 0 Å². The largest absolute Gasteiger partial charge is 0.355 e. The van der Waals surface area contributed by atoms with Crippen LogP contribution < -0.4 is 10.6 Å². The molecular weight excluding hydrogens is 284 g/mol. The zero-order valence-corrected chi connectivity index (χ0v) is 14.0. The van der Waals surface area contributed by atoms with E-state index in [4.69, 9.17) is 0 Å². The van der Waals surface area contributed by atoms with E-state index in [0.29, 0.717) is 0 Å². The van der Waals surface area contributed by atoms with Gasteiger partial charge in [0, 0.05) is 33.2 Å². The van der Waals surface area contributed by atoms with Crippen molar-refractivity contribution < 1.29 is 0 Å². The molecule has 0 saturated heterocycles. The van der Waals surface area contributed by atoms with Crippen LogP contribution in [0.15, 0.2) is 65.7 Å². The molecule has 4 nitrogen and oxygen atoms in total. The molecule has 2 rings (SSSR count). The Labute approximate surface area is 139 Å². The van der Waals surface area contributed by atoms with Crippen molar-refractivity contribution in [2.75, 3.05) is 27.2 Å². The van der Waals surface area contributed by atoms with Gasteiger partial charge in [0.2, 0.25) is 0 Å². The maximum Gasteiger partial charge on any atom is 0.191 e. The number of benzene rings is 2. The van der Waals surface area contributed by atoms with E-state index >= 15 is 0 Å². The Balaban J connectivity index is 1.67. The van der Waals surface area contributed by atoms with Crippen LogP contribution in [0.2, 0.25) is 0 Å². The van der Waals surface area contributed by atoms with E-state index in [-0.39, 0.29) is 0 Å². The molecule has 0 atom stereocenters. The van der Waals surface area contributed by atoms with Crippen LogP contribution in [0.25, 0.3) is 0 Å². The predicted octanol–water partition coefficient (Wildman–Crippen LogP) is 2.48. The zero-order chi connectivity index (χ0) is 16.3. The number of nitrogens with zero attached hydrogens (tertiary/aromatic N) is 2. The van der Waals surface area contributed by atoms with Gasteiger partial charge in [0.1, 0.15) is 0 Å². The molecule has 0 fully saturated rings. The Morgan fingerprint density at radius 3 is 2.13 bits per heavy atom. The number of likely N-dealkylation sites (N-methyl/N-ethyl adjacent to an activating group) is 1. The molecule has 0 spiro atoms. The first-order chi connectivity index (χ1) is 11.3. The van der Waals surface area contributed by atoms with Gasteiger partial charge >= 0.3 is 0 Å².